The predicted octanol–water partition coefficient (Wildman–Crippen LogP) is 4.66. The highest BCUT2D eigenvalue weighted by molar-refractivity contribution is 9.10. The fourth-order valence-electron chi connectivity index (χ4n) is 3.59. The van der Waals surface area contributed by atoms with Crippen LogP contribution in [0, 0.1) is 25.6 Å². The van der Waals surface area contributed by atoms with Crippen molar-refractivity contribution >= 4 is 21.8 Å². The van der Waals surface area contributed by atoms with Gasteiger partial charge in [-0.15, -0.1) is 0 Å². The molecule has 0 bridgehead atoms. The summed E-state index contributed by atoms with van der Waals surface area (Å²) in [5, 5.41) is 3.09. The summed E-state index contributed by atoms with van der Waals surface area (Å²) in [5.74, 6) is -0.211. The zero-order chi connectivity index (χ0) is 19.7. The van der Waals surface area contributed by atoms with Crippen molar-refractivity contribution in [3.8, 4) is 0 Å². The van der Waals surface area contributed by atoms with Crippen molar-refractivity contribution in [1.29, 1.82) is 0 Å². The molecule has 1 unspecified atom stereocenters. The minimum atomic E-state index is -0.306. The van der Waals surface area contributed by atoms with Crippen LogP contribution in [0.15, 0.2) is 33.5 Å². The van der Waals surface area contributed by atoms with Crippen LogP contribution in [-0.4, -0.2) is 10.5 Å². The molecule has 0 saturated heterocycles. The van der Waals surface area contributed by atoms with Gasteiger partial charge in [-0.25, -0.2) is 4.39 Å². The summed E-state index contributed by atoms with van der Waals surface area (Å²) in [6.45, 7) is 6.13. The zero-order valence-electron chi connectivity index (χ0n) is 15.8. The molecule has 1 saturated carbocycles. The van der Waals surface area contributed by atoms with E-state index < -0.39 is 0 Å². The Hall–Kier alpha value is -1.95. The van der Waals surface area contributed by atoms with Crippen molar-refractivity contribution in [3.63, 3.8) is 0 Å². The van der Waals surface area contributed by atoms with Crippen molar-refractivity contribution in [3.05, 3.63) is 67.3 Å². The number of hydrogen-bond acceptors (Lipinski definition) is 2. The lowest BCUT2D eigenvalue weighted by atomic mass is 10.0. The Morgan fingerprint density at radius 1 is 1.37 bits per heavy atom. The molecular weight excluding hydrogens is 411 g/mol. The second-order valence-corrected chi connectivity index (χ2v) is 7.99. The molecule has 144 valence electrons. The number of pyridine rings is 1. The van der Waals surface area contributed by atoms with Gasteiger partial charge in [-0.1, -0.05) is 19.1 Å². The third-order valence-corrected chi connectivity index (χ3v) is 6.10. The van der Waals surface area contributed by atoms with E-state index in [1.54, 1.807) is 24.5 Å². The number of nitrogens with zero attached hydrogens (tertiary/aromatic N) is 1. The Morgan fingerprint density at radius 3 is 2.67 bits per heavy atom. The summed E-state index contributed by atoms with van der Waals surface area (Å²) in [6, 6.07) is 6.18. The van der Waals surface area contributed by atoms with Crippen molar-refractivity contribution in [2.45, 2.75) is 52.6 Å². The first-order chi connectivity index (χ1) is 12.8. The molecule has 1 N–H and O–H groups in total. The molecule has 1 aromatic carbocycles. The van der Waals surface area contributed by atoms with Gasteiger partial charge >= 0.3 is 0 Å². The van der Waals surface area contributed by atoms with Gasteiger partial charge < -0.3 is 9.88 Å². The van der Waals surface area contributed by atoms with Gasteiger partial charge in [-0.3, -0.25) is 9.59 Å². The predicted molar refractivity (Wildman–Crippen MR) is 107 cm³/mol. The van der Waals surface area contributed by atoms with Crippen molar-refractivity contribution in [2.24, 2.45) is 5.92 Å². The Morgan fingerprint density at radius 2 is 2.07 bits per heavy atom. The van der Waals surface area contributed by atoms with Crippen LogP contribution in [0.3, 0.4) is 0 Å². The number of hydrogen-bond donors (Lipinski definition) is 1. The van der Waals surface area contributed by atoms with Gasteiger partial charge in [0.2, 0.25) is 0 Å². The third kappa shape index (κ3) is 4.00. The fraction of sp³-hybridized carbons (Fsp3) is 0.429. The molecule has 6 heteroatoms. The molecule has 27 heavy (non-hydrogen) atoms. The van der Waals surface area contributed by atoms with Crippen LogP contribution in [0.5, 0.6) is 0 Å². The highest BCUT2D eigenvalue weighted by atomic mass is 79.9. The van der Waals surface area contributed by atoms with Crippen LogP contribution in [0.4, 0.5) is 4.39 Å². The molecule has 2 aromatic rings. The quantitative estimate of drug-likeness (QED) is 0.718. The zero-order valence-corrected chi connectivity index (χ0v) is 17.4. The van der Waals surface area contributed by atoms with Crippen molar-refractivity contribution in [1.82, 2.24) is 9.88 Å². The van der Waals surface area contributed by atoms with Crippen LogP contribution in [-0.2, 0) is 6.54 Å². The molecule has 1 fully saturated rings. The van der Waals surface area contributed by atoms with E-state index in [9.17, 15) is 14.0 Å². The average Bonchev–Trinajstić information content (AvgIpc) is 3.46. The smallest absolute Gasteiger partial charge is 0.265 e. The van der Waals surface area contributed by atoms with Gasteiger partial charge in [0.05, 0.1) is 16.1 Å². The number of rotatable bonds is 6. The van der Waals surface area contributed by atoms with Gasteiger partial charge in [0.15, 0.2) is 0 Å². The molecule has 0 spiro atoms. The number of carbonyl (C=O) groups excluding carboxylic acids is 1. The van der Waals surface area contributed by atoms with Gasteiger partial charge in [0.25, 0.3) is 11.5 Å². The molecule has 4 nitrogen and oxygen atoms in total. The molecule has 1 heterocycles. The second kappa shape index (κ2) is 7.97. The van der Waals surface area contributed by atoms with E-state index in [2.05, 4.69) is 21.2 Å². The summed E-state index contributed by atoms with van der Waals surface area (Å²) in [5.41, 5.74) is 2.47. The topological polar surface area (TPSA) is 51.1 Å². The largest absolute Gasteiger partial charge is 0.345 e. The molecule has 1 amide bonds. The maximum atomic E-state index is 13.7. The fourth-order valence-corrected chi connectivity index (χ4v) is 4.00. The van der Waals surface area contributed by atoms with Crippen LogP contribution in [0.25, 0.3) is 0 Å². The van der Waals surface area contributed by atoms with Gasteiger partial charge in [0.1, 0.15) is 5.82 Å². The van der Waals surface area contributed by atoms with Gasteiger partial charge in [0, 0.05) is 12.2 Å². The van der Waals surface area contributed by atoms with Gasteiger partial charge in [-0.2, -0.15) is 0 Å². The lowest BCUT2D eigenvalue weighted by Gasteiger charge is -2.22. The first kappa shape index (κ1) is 19.8. The Labute approximate surface area is 166 Å². The highest BCUT2D eigenvalue weighted by Crippen LogP contribution is 2.41. The average molecular weight is 435 g/mol. The SMILES string of the molecule is CCCn1c(C)c(C(=O)NC(c2cccc(F)c2)C2CC2)c(C)c(Br)c1=O. The number of carbonyl (C=O) groups is 1. The number of aromatic nitrogens is 1. The van der Waals surface area contributed by atoms with E-state index in [4.69, 9.17) is 0 Å². The summed E-state index contributed by atoms with van der Waals surface area (Å²) in [4.78, 5) is 25.7. The van der Waals surface area contributed by atoms with E-state index in [0.717, 1.165) is 24.8 Å². The third-order valence-electron chi connectivity index (χ3n) is 5.17. The summed E-state index contributed by atoms with van der Waals surface area (Å²) in [6.07, 6.45) is 2.82. The monoisotopic (exact) mass is 434 g/mol. The molecule has 0 aliphatic heterocycles. The highest BCUT2D eigenvalue weighted by Gasteiger charge is 2.34. The number of nitrogens with one attached hydrogen (secondary N) is 1. The lowest BCUT2D eigenvalue weighted by molar-refractivity contribution is 0.0929. The minimum Gasteiger partial charge on any atom is -0.345 e. The first-order valence-electron chi connectivity index (χ1n) is 9.31. The van der Waals surface area contributed by atoms with Crippen LogP contribution < -0.4 is 10.9 Å². The summed E-state index contributed by atoms with van der Waals surface area (Å²) >= 11 is 3.35. The molecule has 3 rings (SSSR count). The summed E-state index contributed by atoms with van der Waals surface area (Å²) < 4.78 is 15.7. The molecule has 1 aliphatic carbocycles. The lowest BCUT2D eigenvalue weighted by Crippen LogP contribution is -2.34. The van der Waals surface area contributed by atoms with E-state index in [-0.39, 0.29) is 23.3 Å². The van der Waals surface area contributed by atoms with E-state index in [1.165, 1.54) is 12.1 Å². The number of halogens is 2. The van der Waals surface area contributed by atoms with Gasteiger partial charge in [-0.05, 0) is 78.2 Å². The molecule has 1 aliphatic rings. The van der Waals surface area contributed by atoms with Crippen LogP contribution in [0.1, 0.15) is 59.4 Å². The molecule has 0 radical (unpaired) electrons. The maximum Gasteiger partial charge on any atom is 0.265 e. The first-order valence-corrected chi connectivity index (χ1v) is 10.1. The Balaban J connectivity index is 1.99. The van der Waals surface area contributed by atoms with E-state index in [0.29, 0.717) is 33.8 Å². The van der Waals surface area contributed by atoms with Crippen molar-refractivity contribution in [2.75, 3.05) is 0 Å². The number of benzene rings is 1. The van der Waals surface area contributed by atoms with Crippen LogP contribution >= 0.6 is 15.9 Å². The normalized spacial score (nSPS) is 14.9. The summed E-state index contributed by atoms with van der Waals surface area (Å²) in [7, 11) is 0. The Kier molecular flexibility index (Phi) is 5.84. The maximum absolute atomic E-state index is 13.7. The van der Waals surface area contributed by atoms with E-state index >= 15 is 0 Å². The number of amides is 1. The van der Waals surface area contributed by atoms with Crippen LogP contribution in [0.2, 0.25) is 0 Å². The minimum absolute atomic E-state index is 0.118. The standard InChI is InChI=1S/C21H24BrFN2O2/c1-4-10-25-13(3)17(12(2)18(22)21(25)27)20(26)24-19(14-8-9-14)15-6-5-7-16(23)11-15/h5-7,11,14,19H,4,8-10H2,1-3H3,(H,24,26). The molecule has 1 atom stereocenters. The molecule has 1 aromatic heterocycles. The van der Waals surface area contributed by atoms with E-state index in [1.807, 2.05) is 13.0 Å². The second-order valence-electron chi connectivity index (χ2n) is 7.20. The van der Waals surface area contributed by atoms with Crippen molar-refractivity contribution < 1.29 is 9.18 Å². The Bertz CT molecular complexity index is 935. The molecular formula is C21H24BrFN2O2.